The lowest BCUT2D eigenvalue weighted by molar-refractivity contribution is -0.113. The topological polar surface area (TPSA) is 160 Å². The number of hydrogen-bond acceptors (Lipinski definition) is 11. The predicted molar refractivity (Wildman–Crippen MR) is 141 cm³/mol. The first-order chi connectivity index (χ1) is 19.1. The molecular formula is C24H22N12O2S. The molecule has 0 spiro atoms. The van der Waals surface area contributed by atoms with Gasteiger partial charge in [-0.2, -0.15) is 4.80 Å². The van der Waals surface area contributed by atoms with Crippen molar-refractivity contribution in [3.8, 4) is 22.9 Å². The number of carbonyl (C=O) groups is 1. The molecule has 0 aliphatic heterocycles. The lowest BCUT2D eigenvalue weighted by atomic mass is 10.2. The summed E-state index contributed by atoms with van der Waals surface area (Å²) in [6, 6.07) is 17.3. The van der Waals surface area contributed by atoms with E-state index < -0.39 is 0 Å². The van der Waals surface area contributed by atoms with E-state index in [-0.39, 0.29) is 17.5 Å². The summed E-state index contributed by atoms with van der Waals surface area (Å²) in [6.45, 7) is 2.88. The Balaban J connectivity index is 1.12. The average Bonchev–Trinajstić information content (AvgIpc) is 3.75. The van der Waals surface area contributed by atoms with Crippen molar-refractivity contribution in [3.63, 3.8) is 0 Å². The number of nitrogens with one attached hydrogen (secondary N) is 1. The minimum absolute atomic E-state index is 0.0761. The molecule has 0 saturated heterocycles. The van der Waals surface area contributed by atoms with Gasteiger partial charge in [-0.15, -0.1) is 20.4 Å². The van der Waals surface area contributed by atoms with Gasteiger partial charge < -0.3 is 14.5 Å². The quantitative estimate of drug-likeness (QED) is 0.267. The first kappa shape index (κ1) is 24.4. The highest BCUT2D eigenvalue weighted by Crippen LogP contribution is 2.27. The lowest BCUT2D eigenvalue weighted by Gasteiger charge is -2.07. The van der Waals surface area contributed by atoms with Crippen LogP contribution in [0.25, 0.3) is 33.9 Å². The molecule has 196 valence electrons. The fourth-order valence-electron chi connectivity index (χ4n) is 4.07. The van der Waals surface area contributed by atoms with E-state index in [4.69, 9.17) is 4.63 Å². The molecule has 0 aliphatic carbocycles. The molecule has 0 saturated carbocycles. The third-order valence-electron chi connectivity index (χ3n) is 5.96. The van der Waals surface area contributed by atoms with Gasteiger partial charge in [-0.1, -0.05) is 54.2 Å². The number of hydrogen-bond donors (Lipinski definition) is 1. The highest BCUT2D eigenvalue weighted by atomic mass is 32.2. The van der Waals surface area contributed by atoms with Gasteiger partial charge in [-0.05, 0) is 34.6 Å². The second-order valence-electron chi connectivity index (χ2n) is 8.43. The summed E-state index contributed by atoms with van der Waals surface area (Å²) in [5, 5.41) is 32.5. The first-order valence-corrected chi connectivity index (χ1v) is 13.0. The monoisotopic (exact) mass is 542 g/mol. The van der Waals surface area contributed by atoms with Crippen molar-refractivity contribution in [2.75, 3.05) is 11.1 Å². The molecule has 0 aliphatic rings. The van der Waals surface area contributed by atoms with Crippen LogP contribution in [0.15, 0.2) is 64.4 Å². The smallest absolute Gasteiger partial charge is 0.236 e. The van der Waals surface area contributed by atoms with Crippen LogP contribution in [0, 0.1) is 0 Å². The van der Waals surface area contributed by atoms with Crippen LogP contribution >= 0.6 is 11.8 Å². The van der Waals surface area contributed by atoms with Gasteiger partial charge in [0.25, 0.3) is 0 Å². The van der Waals surface area contributed by atoms with Crippen LogP contribution in [0.5, 0.6) is 0 Å². The van der Waals surface area contributed by atoms with Crippen LogP contribution in [0.3, 0.4) is 0 Å². The van der Waals surface area contributed by atoms with Crippen molar-refractivity contribution in [2.24, 2.45) is 7.05 Å². The number of fused-ring (bicyclic) bond motifs is 1. The zero-order chi connectivity index (χ0) is 26.8. The third kappa shape index (κ3) is 4.86. The summed E-state index contributed by atoms with van der Waals surface area (Å²) in [5.41, 5.74) is 2.96. The summed E-state index contributed by atoms with van der Waals surface area (Å²) in [5.74, 6) is 1.70. The fraction of sp³-hybridized carbons (Fsp3) is 0.208. The molecule has 4 heterocycles. The van der Waals surface area contributed by atoms with Gasteiger partial charge >= 0.3 is 0 Å². The Bertz CT molecular complexity index is 1750. The average molecular weight is 543 g/mol. The standard InChI is InChI=1S/C24H22N12O2S/c1-3-35-18(13-36-30-21(28-33-36)15-9-5-4-6-10-15)27-29-24(35)39-14-19(37)26-22-20(31-38-32-22)23-25-16-11-7-8-12-17(16)34(23)2/h4-12H,3,13-14H2,1-2H3,(H,26,32,37). The van der Waals surface area contributed by atoms with Crippen LogP contribution in [-0.4, -0.2) is 66.5 Å². The van der Waals surface area contributed by atoms with Crippen molar-refractivity contribution >= 4 is 34.5 Å². The van der Waals surface area contributed by atoms with Crippen molar-refractivity contribution in [1.29, 1.82) is 0 Å². The Labute approximate surface area is 225 Å². The van der Waals surface area contributed by atoms with Crippen LogP contribution in [0.2, 0.25) is 0 Å². The Morgan fingerprint density at radius 1 is 1.03 bits per heavy atom. The molecule has 39 heavy (non-hydrogen) atoms. The molecule has 0 radical (unpaired) electrons. The van der Waals surface area contributed by atoms with E-state index in [1.165, 1.54) is 16.6 Å². The molecule has 0 atom stereocenters. The maximum atomic E-state index is 12.8. The summed E-state index contributed by atoms with van der Waals surface area (Å²) < 4.78 is 8.70. The van der Waals surface area contributed by atoms with Crippen LogP contribution < -0.4 is 5.32 Å². The highest BCUT2D eigenvalue weighted by molar-refractivity contribution is 7.99. The van der Waals surface area contributed by atoms with Crippen molar-refractivity contribution in [1.82, 2.24) is 54.8 Å². The number of aryl methyl sites for hydroxylation is 1. The number of tetrazole rings is 1. The predicted octanol–water partition coefficient (Wildman–Crippen LogP) is 2.67. The highest BCUT2D eigenvalue weighted by Gasteiger charge is 2.21. The van der Waals surface area contributed by atoms with E-state index in [1.54, 1.807) is 0 Å². The SMILES string of the molecule is CCn1c(Cn2nnc(-c3ccccc3)n2)nnc1SCC(=O)Nc1nonc1-c1nc2ccccc2n1C. The molecule has 15 heteroatoms. The van der Waals surface area contributed by atoms with Gasteiger partial charge in [0, 0.05) is 19.2 Å². The van der Waals surface area contributed by atoms with E-state index in [2.05, 4.69) is 46.2 Å². The molecule has 2 aromatic carbocycles. The van der Waals surface area contributed by atoms with Gasteiger partial charge in [0.2, 0.25) is 17.5 Å². The number of aromatic nitrogens is 11. The zero-order valence-corrected chi connectivity index (χ0v) is 21.8. The number of rotatable bonds is 9. The molecule has 14 nitrogen and oxygen atoms in total. The zero-order valence-electron chi connectivity index (χ0n) is 21.0. The minimum Gasteiger partial charge on any atom is -0.326 e. The van der Waals surface area contributed by atoms with Gasteiger partial charge in [0.15, 0.2) is 22.5 Å². The number of amides is 1. The van der Waals surface area contributed by atoms with Gasteiger partial charge in [0.1, 0.15) is 6.54 Å². The number of para-hydroxylation sites is 2. The molecule has 6 aromatic rings. The summed E-state index contributed by atoms with van der Waals surface area (Å²) in [4.78, 5) is 18.9. The molecule has 0 fully saturated rings. The maximum absolute atomic E-state index is 12.8. The Hall–Kier alpha value is -4.92. The molecule has 4 aromatic heterocycles. The molecule has 0 bridgehead atoms. The van der Waals surface area contributed by atoms with E-state index in [0.717, 1.165) is 16.6 Å². The molecule has 0 unspecified atom stereocenters. The van der Waals surface area contributed by atoms with Gasteiger partial charge in [-0.25, -0.2) is 9.61 Å². The van der Waals surface area contributed by atoms with Crippen molar-refractivity contribution < 1.29 is 9.42 Å². The van der Waals surface area contributed by atoms with Crippen LogP contribution in [-0.2, 0) is 24.9 Å². The number of imidazole rings is 1. The normalized spacial score (nSPS) is 11.3. The molecule has 1 N–H and O–H groups in total. The van der Waals surface area contributed by atoms with Gasteiger partial charge in [0.05, 0.1) is 16.8 Å². The number of thioether (sulfide) groups is 1. The number of anilines is 1. The van der Waals surface area contributed by atoms with Crippen LogP contribution in [0.1, 0.15) is 12.7 Å². The molecule has 1 amide bonds. The van der Waals surface area contributed by atoms with Crippen molar-refractivity contribution in [2.45, 2.75) is 25.2 Å². The second-order valence-corrected chi connectivity index (χ2v) is 9.38. The Kier molecular flexibility index (Phi) is 6.54. The van der Waals surface area contributed by atoms with E-state index in [1.807, 2.05) is 77.7 Å². The number of nitrogens with zero attached hydrogens (tertiary/aromatic N) is 11. The van der Waals surface area contributed by atoms with Gasteiger partial charge in [-0.3, -0.25) is 4.79 Å². The van der Waals surface area contributed by atoms with Crippen molar-refractivity contribution in [3.05, 3.63) is 60.4 Å². The van der Waals surface area contributed by atoms with E-state index in [0.29, 0.717) is 41.4 Å². The largest absolute Gasteiger partial charge is 0.326 e. The Morgan fingerprint density at radius 2 is 1.85 bits per heavy atom. The van der Waals surface area contributed by atoms with E-state index in [9.17, 15) is 4.79 Å². The minimum atomic E-state index is -0.298. The maximum Gasteiger partial charge on any atom is 0.236 e. The lowest BCUT2D eigenvalue weighted by Crippen LogP contribution is -2.16. The van der Waals surface area contributed by atoms with Crippen LogP contribution in [0.4, 0.5) is 5.82 Å². The molecule has 6 rings (SSSR count). The number of benzene rings is 2. The number of carbonyl (C=O) groups excluding carboxylic acids is 1. The fourth-order valence-corrected chi connectivity index (χ4v) is 4.89. The first-order valence-electron chi connectivity index (χ1n) is 12.0. The summed E-state index contributed by atoms with van der Waals surface area (Å²) in [6.07, 6.45) is 0. The Morgan fingerprint density at radius 3 is 2.67 bits per heavy atom. The summed E-state index contributed by atoms with van der Waals surface area (Å²) in [7, 11) is 1.87. The third-order valence-corrected chi connectivity index (χ3v) is 6.92. The molecular weight excluding hydrogens is 520 g/mol. The second kappa shape index (κ2) is 10.4. The van der Waals surface area contributed by atoms with E-state index >= 15 is 0 Å². The summed E-state index contributed by atoms with van der Waals surface area (Å²) >= 11 is 1.26.